The molecule has 1 aromatic rings. The summed E-state index contributed by atoms with van der Waals surface area (Å²) in [5, 5.41) is 7.16. The molecule has 1 aromatic heterocycles. The maximum atomic E-state index is 10.9. The van der Waals surface area contributed by atoms with E-state index in [4.69, 9.17) is 11.5 Å². The lowest BCUT2D eigenvalue weighted by Gasteiger charge is -2.07. The van der Waals surface area contributed by atoms with Crippen molar-refractivity contribution < 1.29 is 9.53 Å². The van der Waals surface area contributed by atoms with Gasteiger partial charge in [0.15, 0.2) is 5.82 Å². The van der Waals surface area contributed by atoms with Gasteiger partial charge in [0.2, 0.25) is 0 Å². The zero-order valence-electron chi connectivity index (χ0n) is 7.17. The molecule has 72 valence electrons. The molecule has 1 unspecified atom stereocenters. The molecule has 1 rings (SSSR count). The second-order valence-corrected chi connectivity index (χ2v) is 2.50. The van der Waals surface area contributed by atoms with Crippen LogP contribution in [0.1, 0.15) is 0 Å². The van der Waals surface area contributed by atoms with Gasteiger partial charge in [-0.05, 0) is 0 Å². The van der Waals surface area contributed by atoms with Crippen LogP contribution < -0.4 is 11.5 Å². The van der Waals surface area contributed by atoms with Gasteiger partial charge in [0.25, 0.3) is 0 Å². The van der Waals surface area contributed by atoms with E-state index < -0.39 is 12.0 Å². The molecule has 4 N–H and O–H groups in total. The number of esters is 1. The van der Waals surface area contributed by atoms with Gasteiger partial charge in [0, 0.05) is 0 Å². The Morgan fingerprint density at radius 3 is 3.00 bits per heavy atom. The number of methoxy groups -OCH3 is 1. The zero-order chi connectivity index (χ0) is 9.84. The summed E-state index contributed by atoms with van der Waals surface area (Å²) in [6.45, 7) is 0.205. The minimum absolute atomic E-state index is 0.205. The smallest absolute Gasteiger partial charge is 0.324 e. The highest BCUT2D eigenvalue weighted by atomic mass is 16.5. The third kappa shape index (κ3) is 2.41. The molecule has 7 nitrogen and oxygen atoms in total. The van der Waals surface area contributed by atoms with E-state index in [0.29, 0.717) is 0 Å². The minimum atomic E-state index is -0.744. The summed E-state index contributed by atoms with van der Waals surface area (Å²) in [6, 6.07) is -0.744. The molecule has 0 amide bonds. The van der Waals surface area contributed by atoms with E-state index in [-0.39, 0.29) is 12.4 Å². The van der Waals surface area contributed by atoms with Crippen LogP contribution in [0.5, 0.6) is 0 Å². The van der Waals surface area contributed by atoms with Crippen LogP contribution in [0.25, 0.3) is 0 Å². The van der Waals surface area contributed by atoms with Crippen molar-refractivity contribution in [1.29, 1.82) is 0 Å². The van der Waals surface area contributed by atoms with Crippen molar-refractivity contribution >= 4 is 11.8 Å². The number of nitrogen functional groups attached to an aromatic ring is 1. The second-order valence-electron chi connectivity index (χ2n) is 2.50. The summed E-state index contributed by atoms with van der Waals surface area (Å²) >= 11 is 0. The predicted octanol–water partition coefficient (Wildman–Crippen LogP) is -1.64. The van der Waals surface area contributed by atoms with Crippen molar-refractivity contribution in [2.75, 3.05) is 12.8 Å². The molecule has 0 spiro atoms. The van der Waals surface area contributed by atoms with Crippen LogP contribution >= 0.6 is 0 Å². The molecule has 0 saturated carbocycles. The molecule has 0 bridgehead atoms. The Kier molecular flexibility index (Phi) is 2.80. The number of rotatable bonds is 3. The van der Waals surface area contributed by atoms with Gasteiger partial charge in [0.1, 0.15) is 6.04 Å². The van der Waals surface area contributed by atoms with Crippen LogP contribution in [0.15, 0.2) is 6.20 Å². The predicted molar refractivity (Wildman–Crippen MR) is 44.4 cm³/mol. The van der Waals surface area contributed by atoms with Gasteiger partial charge >= 0.3 is 5.97 Å². The van der Waals surface area contributed by atoms with Crippen molar-refractivity contribution in [2.24, 2.45) is 5.73 Å². The third-order valence-corrected chi connectivity index (χ3v) is 1.44. The topological polar surface area (TPSA) is 109 Å². The largest absolute Gasteiger partial charge is 0.468 e. The number of anilines is 1. The van der Waals surface area contributed by atoms with Gasteiger partial charge in [-0.25, -0.2) is 4.68 Å². The molecule has 0 aliphatic rings. The molecule has 0 radical (unpaired) electrons. The number of carbonyl (C=O) groups is 1. The van der Waals surface area contributed by atoms with E-state index in [1.165, 1.54) is 18.0 Å². The summed E-state index contributed by atoms with van der Waals surface area (Å²) in [5.41, 5.74) is 10.8. The molecular weight excluding hydrogens is 174 g/mol. The molecule has 1 atom stereocenters. The fourth-order valence-electron chi connectivity index (χ4n) is 0.830. The van der Waals surface area contributed by atoms with Crippen LogP contribution in [-0.4, -0.2) is 34.1 Å². The van der Waals surface area contributed by atoms with Crippen LogP contribution in [0.4, 0.5) is 5.82 Å². The maximum Gasteiger partial charge on any atom is 0.324 e. The second kappa shape index (κ2) is 3.85. The summed E-state index contributed by atoms with van der Waals surface area (Å²) in [5.74, 6) is -0.203. The number of carbonyl (C=O) groups excluding carboxylic acids is 1. The summed E-state index contributed by atoms with van der Waals surface area (Å²) in [7, 11) is 1.28. The Balaban J connectivity index is 2.54. The Labute approximate surface area is 74.6 Å². The molecule has 7 heteroatoms. The number of ether oxygens (including phenoxy) is 1. The third-order valence-electron chi connectivity index (χ3n) is 1.44. The van der Waals surface area contributed by atoms with E-state index in [1.54, 1.807) is 0 Å². The first-order valence-corrected chi connectivity index (χ1v) is 3.62. The fraction of sp³-hybridized carbons (Fsp3) is 0.500. The molecule has 0 saturated heterocycles. The standard InChI is InChI=1S/C6H11N5O2/c1-13-6(12)4(7)2-11-3-5(8)9-10-11/h3-4H,2,7-8H2,1H3. The first-order valence-electron chi connectivity index (χ1n) is 3.62. The average Bonchev–Trinajstić information content (AvgIpc) is 2.49. The van der Waals surface area contributed by atoms with Crippen LogP contribution in [0.2, 0.25) is 0 Å². The molecule has 0 aliphatic carbocycles. The number of nitrogens with two attached hydrogens (primary N) is 2. The highest BCUT2D eigenvalue weighted by Gasteiger charge is 2.14. The molecular formula is C6H11N5O2. The van der Waals surface area contributed by atoms with Gasteiger partial charge in [-0.1, -0.05) is 5.21 Å². The SMILES string of the molecule is COC(=O)C(N)Cn1cc(N)nn1. The van der Waals surface area contributed by atoms with Gasteiger partial charge in [0.05, 0.1) is 19.9 Å². The van der Waals surface area contributed by atoms with Gasteiger partial charge in [-0.2, -0.15) is 0 Å². The number of nitrogens with zero attached hydrogens (tertiary/aromatic N) is 3. The van der Waals surface area contributed by atoms with Crippen molar-refractivity contribution in [1.82, 2.24) is 15.0 Å². The van der Waals surface area contributed by atoms with E-state index in [9.17, 15) is 4.79 Å². The normalized spacial score (nSPS) is 12.5. The van der Waals surface area contributed by atoms with Crippen molar-refractivity contribution in [2.45, 2.75) is 12.6 Å². The molecule has 0 aromatic carbocycles. The maximum absolute atomic E-state index is 10.9. The monoisotopic (exact) mass is 185 g/mol. The fourth-order valence-corrected chi connectivity index (χ4v) is 0.830. The highest BCUT2D eigenvalue weighted by molar-refractivity contribution is 5.75. The lowest BCUT2D eigenvalue weighted by molar-refractivity contribution is -0.142. The van der Waals surface area contributed by atoms with Gasteiger partial charge in [-0.15, -0.1) is 5.10 Å². The first-order chi connectivity index (χ1) is 6.13. The Morgan fingerprint density at radius 1 is 1.85 bits per heavy atom. The van der Waals surface area contributed by atoms with Crippen molar-refractivity contribution in [3.63, 3.8) is 0 Å². The van der Waals surface area contributed by atoms with Crippen LogP contribution in [-0.2, 0) is 16.1 Å². The first kappa shape index (κ1) is 9.46. The highest BCUT2D eigenvalue weighted by Crippen LogP contribution is 1.94. The van der Waals surface area contributed by atoms with Crippen LogP contribution in [0, 0.1) is 0 Å². The number of hydrogen-bond donors (Lipinski definition) is 2. The quantitative estimate of drug-likeness (QED) is 0.546. The lowest BCUT2D eigenvalue weighted by Crippen LogP contribution is -2.36. The average molecular weight is 185 g/mol. The Morgan fingerprint density at radius 2 is 2.54 bits per heavy atom. The van der Waals surface area contributed by atoms with Gasteiger partial charge in [-0.3, -0.25) is 4.79 Å². The lowest BCUT2D eigenvalue weighted by atomic mass is 10.3. The van der Waals surface area contributed by atoms with E-state index in [1.807, 2.05) is 0 Å². The van der Waals surface area contributed by atoms with Gasteiger partial charge < -0.3 is 16.2 Å². The molecule has 13 heavy (non-hydrogen) atoms. The van der Waals surface area contributed by atoms with Crippen LogP contribution in [0.3, 0.4) is 0 Å². The Bertz CT molecular complexity index is 297. The van der Waals surface area contributed by atoms with E-state index in [0.717, 1.165) is 0 Å². The minimum Gasteiger partial charge on any atom is -0.468 e. The molecule has 1 heterocycles. The molecule has 0 aliphatic heterocycles. The van der Waals surface area contributed by atoms with E-state index >= 15 is 0 Å². The van der Waals surface area contributed by atoms with Crippen molar-refractivity contribution in [3.05, 3.63) is 6.20 Å². The summed E-state index contributed by atoms with van der Waals surface area (Å²) < 4.78 is 5.82. The summed E-state index contributed by atoms with van der Waals surface area (Å²) in [4.78, 5) is 10.9. The molecule has 0 fully saturated rings. The number of hydrogen-bond acceptors (Lipinski definition) is 6. The van der Waals surface area contributed by atoms with Crippen molar-refractivity contribution in [3.8, 4) is 0 Å². The summed E-state index contributed by atoms with van der Waals surface area (Å²) in [6.07, 6.45) is 1.49. The van der Waals surface area contributed by atoms with E-state index in [2.05, 4.69) is 15.0 Å². The zero-order valence-corrected chi connectivity index (χ0v) is 7.17. The number of aromatic nitrogens is 3. The Hall–Kier alpha value is -1.63.